The van der Waals surface area contributed by atoms with Crippen LogP contribution in [0.5, 0.6) is 0 Å². The number of hydrogen-bond donors (Lipinski definition) is 1. The van der Waals surface area contributed by atoms with Gasteiger partial charge in [0.15, 0.2) is 0 Å². The zero-order valence-electron chi connectivity index (χ0n) is 5.48. The van der Waals surface area contributed by atoms with Crippen LogP contribution in [0.15, 0.2) is 0 Å². The molecule has 0 saturated heterocycles. The molecule has 0 aromatic heterocycles. The van der Waals surface area contributed by atoms with E-state index in [1.165, 1.54) is 0 Å². The van der Waals surface area contributed by atoms with E-state index < -0.39 is 5.54 Å². The molecule has 0 aliphatic rings. The van der Waals surface area contributed by atoms with Crippen molar-refractivity contribution in [2.24, 2.45) is 5.73 Å². The first kappa shape index (κ1) is 9.16. The Labute approximate surface area is 68.1 Å². The third kappa shape index (κ3) is 8.16. The number of hydrogen-bond acceptors (Lipinski definition) is 3. The Morgan fingerprint density at radius 2 is 2.22 bits per heavy atom. The molecule has 0 amide bonds. The average Bonchev–Trinajstić information content (AvgIpc) is 1.59. The maximum atomic E-state index is 10.2. The molecule has 0 spiro atoms. The number of nitrogens with two attached hydrogens (primary N) is 1. The van der Waals surface area contributed by atoms with Gasteiger partial charge in [0.05, 0.1) is 22.6 Å². The van der Waals surface area contributed by atoms with E-state index in [9.17, 15) is 4.79 Å². The van der Waals surface area contributed by atoms with Crippen LogP contribution in [0.4, 0.5) is 4.79 Å². The minimum Gasteiger partial charge on any atom is -0.456 e. The summed E-state index contributed by atoms with van der Waals surface area (Å²) in [4.78, 5) is 10.2. The van der Waals surface area contributed by atoms with Gasteiger partial charge in [0.25, 0.3) is 0 Å². The molecule has 9 heavy (non-hydrogen) atoms. The molecule has 0 rings (SSSR count). The lowest BCUT2D eigenvalue weighted by Crippen LogP contribution is -2.37. The fourth-order valence-corrected chi connectivity index (χ4v) is 0.398. The number of carbonyl (C=O) groups excluding carboxylic acids is 1. The third-order valence-electron chi connectivity index (χ3n) is 0.558. The number of halogens is 1. The quantitative estimate of drug-likeness (QED) is 0.587. The molecule has 54 valence electrons. The molecular formula is C5H10INO2. The molecule has 0 fully saturated rings. The van der Waals surface area contributed by atoms with E-state index in [2.05, 4.69) is 4.74 Å². The molecule has 0 aromatic rings. The summed E-state index contributed by atoms with van der Waals surface area (Å²) in [5.41, 5.74) is 5.09. The average molecular weight is 243 g/mol. The Kier molecular flexibility index (Phi) is 3.42. The third-order valence-corrected chi connectivity index (χ3v) is 0.869. The summed E-state index contributed by atoms with van der Waals surface area (Å²) >= 11 is 1.57. The Morgan fingerprint density at radius 1 is 1.78 bits per heavy atom. The zero-order chi connectivity index (χ0) is 7.49. The van der Waals surface area contributed by atoms with E-state index in [-0.39, 0.29) is 10.6 Å². The minimum atomic E-state index is -0.416. The first-order chi connectivity index (χ1) is 3.92. The van der Waals surface area contributed by atoms with Crippen LogP contribution in [0.2, 0.25) is 0 Å². The number of carbonyl (C=O) groups is 1. The molecule has 0 atom stereocenters. The fourth-order valence-electron chi connectivity index (χ4n) is 0.243. The van der Waals surface area contributed by atoms with E-state index in [1.54, 1.807) is 36.4 Å². The van der Waals surface area contributed by atoms with Gasteiger partial charge in [-0.15, -0.1) is 0 Å². The predicted octanol–water partition coefficient (Wildman–Crippen LogP) is 1.30. The normalized spacial score (nSPS) is 11.1. The van der Waals surface area contributed by atoms with E-state index in [0.29, 0.717) is 0 Å². The zero-order valence-corrected chi connectivity index (χ0v) is 7.64. The highest BCUT2D eigenvalue weighted by atomic mass is 127. The van der Waals surface area contributed by atoms with Gasteiger partial charge < -0.3 is 10.5 Å². The summed E-state index contributed by atoms with van der Waals surface area (Å²) in [6.45, 7) is 3.87. The highest BCUT2D eigenvalue weighted by molar-refractivity contribution is 14.1. The molecule has 0 aliphatic carbocycles. The van der Waals surface area contributed by atoms with Crippen molar-refractivity contribution >= 4 is 26.6 Å². The second-order valence-corrected chi connectivity index (χ2v) is 3.40. The highest BCUT2D eigenvalue weighted by Gasteiger charge is 2.11. The van der Waals surface area contributed by atoms with Gasteiger partial charge in [0.1, 0.15) is 6.61 Å². The Morgan fingerprint density at radius 3 is 2.33 bits per heavy atom. The van der Waals surface area contributed by atoms with Gasteiger partial charge in [0, 0.05) is 5.54 Å². The lowest BCUT2D eigenvalue weighted by Gasteiger charge is -2.16. The van der Waals surface area contributed by atoms with Gasteiger partial charge in [-0.2, -0.15) is 0 Å². The van der Waals surface area contributed by atoms with Gasteiger partial charge in [-0.05, 0) is 13.8 Å². The van der Waals surface area contributed by atoms with E-state index >= 15 is 0 Å². The summed E-state index contributed by atoms with van der Waals surface area (Å²) in [6.07, 6.45) is 0. The second-order valence-electron chi connectivity index (χ2n) is 2.51. The molecule has 2 N–H and O–H groups in total. The van der Waals surface area contributed by atoms with Crippen molar-refractivity contribution in [2.45, 2.75) is 19.4 Å². The molecule has 0 radical (unpaired) electrons. The lowest BCUT2D eigenvalue weighted by atomic mass is 10.1. The van der Waals surface area contributed by atoms with E-state index in [1.807, 2.05) is 0 Å². The summed E-state index contributed by atoms with van der Waals surface area (Å²) < 4.78 is 4.32. The number of ether oxygens (including phenoxy) is 1. The van der Waals surface area contributed by atoms with Crippen LogP contribution in [-0.2, 0) is 4.74 Å². The molecule has 0 bridgehead atoms. The van der Waals surface area contributed by atoms with Crippen molar-refractivity contribution in [1.82, 2.24) is 0 Å². The van der Waals surface area contributed by atoms with Crippen molar-refractivity contribution in [1.29, 1.82) is 0 Å². The van der Waals surface area contributed by atoms with Crippen LogP contribution in [0.1, 0.15) is 13.8 Å². The van der Waals surface area contributed by atoms with Crippen LogP contribution in [0, 0.1) is 0 Å². The smallest absolute Gasteiger partial charge is 0.367 e. The molecule has 0 saturated carbocycles. The maximum absolute atomic E-state index is 10.2. The largest absolute Gasteiger partial charge is 0.456 e. The van der Waals surface area contributed by atoms with Crippen LogP contribution in [0.25, 0.3) is 0 Å². The van der Waals surface area contributed by atoms with Crippen molar-refractivity contribution in [3.63, 3.8) is 0 Å². The van der Waals surface area contributed by atoms with Crippen LogP contribution in [0.3, 0.4) is 0 Å². The van der Waals surface area contributed by atoms with Crippen molar-refractivity contribution in [3.8, 4) is 0 Å². The van der Waals surface area contributed by atoms with Crippen LogP contribution in [-0.4, -0.2) is 16.1 Å². The molecule has 0 heterocycles. The van der Waals surface area contributed by atoms with Crippen molar-refractivity contribution < 1.29 is 9.53 Å². The van der Waals surface area contributed by atoms with Crippen LogP contribution < -0.4 is 5.73 Å². The van der Waals surface area contributed by atoms with E-state index in [0.717, 1.165) is 0 Å². The van der Waals surface area contributed by atoms with Crippen molar-refractivity contribution in [3.05, 3.63) is 0 Å². The first-order valence-corrected chi connectivity index (χ1v) is 3.61. The van der Waals surface area contributed by atoms with Gasteiger partial charge in [-0.1, -0.05) is 0 Å². The second kappa shape index (κ2) is 3.36. The Hall–Kier alpha value is 0.160. The van der Waals surface area contributed by atoms with Crippen LogP contribution >= 0.6 is 22.6 Å². The Bertz CT molecular complexity index is 108. The predicted molar refractivity (Wildman–Crippen MR) is 43.6 cm³/mol. The molecule has 4 heteroatoms. The molecule has 3 nitrogen and oxygen atoms in total. The van der Waals surface area contributed by atoms with Gasteiger partial charge in [-0.3, -0.25) is 0 Å². The topological polar surface area (TPSA) is 52.3 Å². The summed E-state index contributed by atoms with van der Waals surface area (Å²) in [6, 6.07) is 0. The highest BCUT2D eigenvalue weighted by Crippen LogP contribution is 2.00. The summed E-state index contributed by atoms with van der Waals surface area (Å²) in [5, 5.41) is 0. The minimum absolute atomic E-state index is 0.273. The fraction of sp³-hybridized carbons (Fsp3) is 0.800. The number of rotatable bonds is 2. The summed E-state index contributed by atoms with van der Waals surface area (Å²) in [7, 11) is 0. The van der Waals surface area contributed by atoms with Crippen molar-refractivity contribution in [2.75, 3.05) is 6.61 Å². The monoisotopic (exact) mass is 243 g/mol. The maximum Gasteiger partial charge on any atom is 0.367 e. The Balaban J connectivity index is 3.39. The molecular weight excluding hydrogens is 233 g/mol. The van der Waals surface area contributed by atoms with Gasteiger partial charge >= 0.3 is 3.98 Å². The SMILES string of the molecule is CC(C)(N)COC(=O)I. The van der Waals surface area contributed by atoms with E-state index in [4.69, 9.17) is 5.73 Å². The molecule has 0 unspecified atom stereocenters. The lowest BCUT2D eigenvalue weighted by molar-refractivity contribution is 0.154. The molecule has 0 aliphatic heterocycles. The van der Waals surface area contributed by atoms with Gasteiger partial charge in [0.2, 0.25) is 0 Å². The summed E-state index contributed by atoms with van der Waals surface area (Å²) in [5.74, 6) is 0. The standard InChI is InChI=1S/C5H10INO2/c1-5(2,7)3-9-4(6)8/h3,7H2,1-2H3. The first-order valence-electron chi connectivity index (χ1n) is 2.53. The van der Waals surface area contributed by atoms with Gasteiger partial charge in [-0.25, -0.2) is 4.79 Å². The molecule has 0 aromatic carbocycles.